The fourth-order valence-electron chi connectivity index (χ4n) is 4.37. The maximum absolute atomic E-state index is 9.86. The van der Waals surface area contributed by atoms with Crippen molar-refractivity contribution in [3.8, 4) is 0 Å². The molecule has 2 atom stereocenters. The van der Waals surface area contributed by atoms with E-state index in [2.05, 4.69) is 20.6 Å². The van der Waals surface area contributed by atoms with Crippen molar-refractivity contribution in [1.82, 2.24) is 39.8 Å². The van der Waals surface area contributed by atoms with E-state index in [-0.39, 0.29) is 52.6 Å². The summed E-state index contributed by atoms with van der Waals surface area (Å²) in [7, 11) is 0. The van der Waals surface area contributed by atoms with Crippen molar-refractivity contribution in [2.45, 2.75) is 12.3 Å². The topological polar surface area (TPSA) is 149 Å². The van der Waals surface area contributed by atoms with E-state index in [0.717, 1.165) is 11.0 Å². The van der Waals surface area contributed by atoms with Gasteiger partial charge in [-0.3, -0.25) is 9.80 Å². The second kappa shape index (κ2) is 11.4. The molecule has 0 spiro atoms. The van der Waals surface area contributed by atoms with Crippen molar-refractivity contribution >= 4 is 22.1 Å². The van der Waals surface area contributed by atoms with E-state index < -0.39 is 12.3 Å². The Kier molecular flexibility index (Phi) is 8.11. The molecule has 0 aliphatic rings. The minimum absolute atomic E-state index is 0.145. The zero-order chi connectivity index (χ0) is 23.9. The minimum atomic E-state index is -0.616. The van der Waals surface area contributed by atoms with E-state index in [9.17, 15) is 20.4 Å². The average Bonchev–Trinajstić information content (AvgIpc) is 3.47. The monoisotopic (exact) mass is 470 g/mol. The Morgan fingerprint density at radius 3 is 1.29 bits per heavy atom. The normalized spacial score (nSPS) is 13.9. The highest BCUT2D eigenvalue weighted by molar-refractivity contribution is 5.75. The number of benzene rings is 2. The molecule has 2 heterocycles. The second-order valence-corrected chi connectivity index (χ2v) is 7.84. The molecule has 4 rings (SSSR count). The Bertz CT molecular complexity index is 1080. The lowest BCUT2D eigenvalue weighted by Crippen LogP contribution is -2.50. The van der Waals surface area contributed by atoms with Crippen LogP contribution in [0.5, 0.6) is 0 Å². The van der Waals surface area contributed by atoms with Crippen LogP contribution in [0.2, 0.25) is 0 Å². The van der Waals surface area contributed by atoms with Crippen LogP contribution in [-0.2, 0) is 0 Å². The van der Waals surface area contributed by atoms with Crippen molar-refractivity contribution in [2.75, 3.05) is 52.6 Å². The van der Waals surface area contributed by atoms with Gasteiger partial charge in [0.15, 0.2) is 0 Å². The van der Waals surface area contributed by atoms with Crippen molar-refractivity contribution < 1.29 is 20.4 Å². The maximum Gasteiger partial charge on any atom is 0.143 e. The first-order valence-corrected chi connectivity index (χ1v) is 11.2. The van der Waals surface area contributed by atoms with E-state index in [4.69, 9.17) is 0 Å². The Labute approximate surface area is 196 Å². The minimum Gasteiger partial charge on any atom is -0.395 e. The number of fused-ring (bicyclic) bond motifs is 2. The van der Waals surface area contributed by atoms with Crippen molar-refractivity contribution in [2.24, 2.45) is 0 Å². The van der Waals surface area contributed by atoms with Gasteiger partial charge < -0.3 is 20.4 Å². The van der Waals surface area contributed by atoms with Crippen LogP contribution in [0.3, 0.4) is 0 Å². The summed E-state index contributed by atoms with van der Waals surface area (Å²) in [4.78, 5) is 3.79. The quantitative estimate of drug-likeness (QED) is 0.200. The summed E-state index contributed by atoms with van der Waals surface area (Å²) in [6.07, 6.45) is -1.23. The molecule has 0 fully saturated rings. The first-order valence-electron chi connectivity index (χ1n) is 11.2. The molecule has 0 saturated heterocycles. The van der Waals surface area contributed by atoms with Crippen molar-refractivity contribution in [3.05, 3.63) is 48.5 Å². The van der Waals surface area contributed by atoms with Gasteiger partial charge in [-0.15, -0.1) is 10.2 Å². The SMILES string of the molecule is OCCN(CCO)[C@H]([C@@H](N(CCO)CCO)n1nnc2ccccc21)n1nnc2ccccc21. The molecule has 12 nitrogen and oxygen atoms in total. The first-order chi connectivity index (χ1) is 16.7. The highest BCUT2D eigenvalue weighted by Crippen LogP contribution is 2.33. The van der Waals surface area contributed by atoms with Crippen LogP contribution in [0, 0.1) is 0 Å². The number of aromatic nitrogens is 6. The van der Waals surface area contributed by atoms with Crippen LogP contribution >= 0.6 is 0 Å². The summed E-state index contributed by atoms with van der Waals surface area (Å²) in [5.41, 5.74) is 2.91. The van der Waals surface area contributed by atoms with Crippen LogP contribution in [0.25, 0.3) is 22.1 Å². The fourth-order valence-corrected chi connectivity index (χ4v) is 4.37. The number of aliphatic hydroxyl groups is 4. The van der Waals surface area contributed by atoms with Gasteiger partial charge in [-0.2, -0.15) is 0 Å². The Morgan fingerprint density at radius 2 is 0.941 bits per heavy atom. The number of aliphatic hydroxyl groups excluding tert-OH is 4. The Morgan fingerprint density at radius 1 is 0.588 bits per heavy atom. The molecule has 0 aliphatic heterocycles. The molecule has 12 heteroatoms. The van der Waals surface area contributed by atoms with Gasteiger partial charge in [-0.25, -0.2) is 9.36 Å². The molecule has 4 aromatic rings. The number of hydrogen-bond acceptors (Lipinski definition) is 10. The second-order valence-electron chi connectivity index (χ2n) is 7.84. The molecule has 4 N–H and O–H groups in total. The van der Waals surface area contributed by atoms with Crippen molar-refractivity contribution in [1.29, 1.82) is 0 Å². The third-order valence-electron chi connectivity index (χ3n) is 5.82. The van der Waals surface area contributed by atoms with E-state index >= 15 is 0 Å². The summed E-state index contributed by atoms with van der Waals surface area (Å²) in [6, 6.07) is 15.1. The van der Waals surface area contributed by atoms with Crippen LogP contribution in [0.1, 0.15) is 12.3 Å². The maximum atomic E-state index is 9.86. The molecule has 0 amide bonds. The predicted octanol–water partition coefficient (Wildman–Crippen LogP) is -0.553. The average molecular weight is 471 g/mol. The molecule has 2 aromatic carbocycles. The van der Waals surface area contributed by atoms with Crippen LogP contribution in [0.4, 0.5) is 0 Å². The van der Waals surface area contributed by atoms with Crippen LogP contribution < -0.4 is 0 Å². The van der Waals surface area contributed by atoms with Gasteiger partial charge in [0.05, 0.1) is 37.5 Å². The third kappa shape index (κ3) is 4.78. The molecule has 2 aromatic heterocycles. The van der Waals surface area contributed by atoms with Gasteiger partial charge in [0.1, 0.15) is 23.4 Å². The molecule has 182 valence electrons. The van der Waals surface area contributed by atoms with Gasteiger partial charge in [0, 0.05) is 26.2 Å². The lowest BCUT2D eigenvalue weighted by atomic mass is 10.2. The standard InChI is InChI=1S/C22H30N8O4/c31-13-9-27(10-14-32)21(29-19-7-3-1-5-17(19)23-25-29)22(28(11-15-33)12-16-34)30-20-8-4-2-6-18(20)24-26-30/h1-8,21-22,31-34H,9-16H2/t21-,22-/m0/s1. The summed E-state index contributed by atoms with van der Waals surface area (Å²) in [6.45, 7) is 0.399. The molecule has 34 heavy (non-hydrogen) atoms. The highest BCUT2D eigenvalue weighted by atomic mass is 16.3. The summed E-state index contributed by atoms with van der Waals surface area (Å²) < 4.78 is 3.48. The zero-order valence-corrected chi connectivity index (χ0v) is 18.8. The summed E-state index contributed by atoms with van der Waals surface area (Å²) in [5.74, 6) is 0. The summed E-state index contributed by atoms with van der Waals surface area (Å²) in [5, 5.41) is 56.9. The number of hydrogen-bond donors (Lipinski definition) is 4. The molecule has 0 unspecified atom stereocenters. The van der Waals surface area contributed by atoms with Gasteiger partial charge in [0.2, 0.25) is 0 Å². The predicted molar refractivity (Wildman–Crippen MR) is 125 cm³/mol. The lowest BCUT2D eigenvalue weighted by molar-refractivity contribution is -0.0364. The van der Waals surface area contributed by atoms with Crippen molar-refractivity contribution in [3.63, 3.8) is 0 Å². The van der Waals surface area contributed by atoms with E-state index in [1.165, 1.54) is 0 Å². The van der Waals surface area contributed by atoms with E-state index in [0.29, 0.717) is 11.0 Å². The highest BCUT2D eigenvalue weighted by Gasteiger charge is 2.37. The number of rotatable bonds is 13. The molecule has 0 bridgehead atoms. The zero-order valence-electron chi connectivity index (χ0n) is 18.8. The van der Waals surface area contributed by atoms with Crippen LogP contribution in [-0.4, -0.2) is 113 Å². The fraction of sp³-hybridized carbons (Fsp3) is 0.455. The van der Waals surface area contributed by atoms with Gasteiger partial charge in [-0.1, -0.05) is 34.7 Å². The molecular formula is C22H30N8O4. The lowest BCUT2D eigenvalue weighted by Gasteiger charge is -2.41. The van der Waals surface area contributed by atoms with E-state index in [1.54, 1.807) is 9.36 Å². The van der Waals surface area contributed by atoms with E-state index in [1.807, 2.05) is 58.3 Å². The van der Waals surface area contributed by atoms with Crippen LogP contribution in [0.15, 0.2) is 48.5 Å². The molecule has 0 radical (unpaired) electrons. The third-order valence-corrected chi connectivity index (χ3v) is 5.82. The largest absolute Gasteiger partial charge is 0.395 e. The van der Waals surface area contributed by atoms with Gasteiger partial charge >= 0.3 is 0 Å². The smallest absolute Gasteiger partial charge is 0.143 e. The summed E-state index contributed by atoms with van der Waals surface area (Å²) >= 11 is 0. The number of para-hydroxylation sites is 2. The van der Waals surface area contributed by atoms with Gasteiger partial charge in [0.25, 0.3) is 0 Å². The number of nitrogens with zero attached hydrogens (tertiary/aromatic N) is 8. The Hall–Kier alpha value is -3.00. The Balaban J connectivity index is 1.96. The van der Waals surface area contributed by atoms with Gasteiger partial charge in [-0.05, 0) is 24.3 Å². The first kappa shape index (κ1) is 24.1. The molecular weight excluding hydrogens is 440 g/mol. The molecule has 0 saturated carbocycles. The molecule has 0 aliphatic carbocycles.